The van der Waals surface area contributed by atoms with Gasteiger partial charge in [-0.25, -0.2) is 4.79 Å². The average molecular weight is 438 g/mol. The molecule has 28 heavy (non-hydrogen) atoms. The zero-order valence-electron chi connectivity index (χ0n) is 17.1. The van der Waals surface area contributed by atoms with E-state index in [1.165, 1.54) is 0 Å². The van der Waals surface area contributed by atoms with Crippen molar-refractivity contribution in [1.82, 2.24) is 10.6 Å². The third kappa shape index (κ3) is 9.98. The first kappa shape index (κ1) is 27.0. The first-order valence-corrected chi connectivity index (χ1v) is 11.2. The van der Waals surface area contributed by atoms with Crippen molar-refractivity contribution in [3.8, 4) is 0 Å². The standard InChI is InChI=1S/C19H35N3O4S.ClH/c1-12(2)10-15(20)18(24)21-11-13-4-6-14(7-5-13)17(23)22-16(19(25)26)8-9-27-3;/h12-16H,4-11,20H2,1-3H3,(H,21,24)(H,22,23)(H,25,26);1H. The van der Waals surface area contributed by atoms with E-state index < -0.39 is 18.1 Å². The van der Waals surface area contributed by atoms with Gasteiger partial charge in [0.25, 0.3) is 0 Å². The number of carbonyl (C=O) groups excluding carboxylic acids is 2. The van der Waals surface area contributed by atoms with Crippen LogP contribution >= 0.6 is 24.2 Å². The van der Waals surface area contributed by atoms with Crippen molar-refractivity contribution in [3.05, 3.63) is 0 Å². The maximum Gasteiger partial charge on any atom is 0.326 e. The Bertz CT molecular complexity index is 500. The van der Waals surface area contributed by atoms with E-state index in [0.29, 0.717) is 37.0 Å². The summed E-state index contributed by atoms with van der Waals surface area (Å²) in [5, 5.41) is 14.8. The van der Waals surface area contributed by atoms with E-state index in [9.17, 15) is 19.5 Å². The minimum Gasteiger partial charge on any atom is -0.480 e. The summed E-state index contributed by atoms with van der Waals surface area (Å²) in [6, 6.07) is -1.29. The molecule has 0 spiro atoms. The van der Waals surface area contributed by atoms with Crippen LogP contribution in [-0.4, -0.2) is 53.5 Å². The molecule has 1 aliphatic carbocycles. The SMILES string of the molecule is CSCCC(NC(=O)C1CCC(CNC(=O)C(N)CC(C)C)CC1)C(=O)O.Cl. The van der Waals surface area contributed by atoms with Gasteiger partial charge < -0.3 is 21.5 Å². The van der Waals surface area contributed by atoms with Gasteiger partial charge in [0.05, 0.1) is 6.04 Å². The first-order chi connectivity index (χ1) is 12.7. The van der Waals surface area contributed by atoms with Crippen molar-refractivity contribution < 1.29 is 19.5 Å². The number of hydrogen-bond donors (Lipinski definition) is 4. The maximum absolute atomic E-state index is 12.4. The fraction of sp³-hybridized carbons (Fsp3) is 0.842. The molecule has 1 fully saturated rings. The van der Waals surface area contributed by atoms with Gasteiger partial charge in [0.2, 0.25) is 11.8 Å². The van der Waals surface area contributed by atoms with Gasteiger partial charge in [-0.15, -0.1) is 12.4 Å². The van der Waals surface area contributed by atoms with Crippen molar-refractivity contribution in [1.29, 1.82) is 0 Å². The minimum atomic E-state index is -0.980. The summed E-state index contributed by atoms with van der Waals surface area (Å²) >= 11 is 1.57. The van der Waals surface area contributed by atoms with Crippen LogP contribution in [0.25, 0.3) is 0 Å². The Labute approximate surface area is 178 Å². The molecular weight excluding hydrogens is 402 g/mol. The van der Waals surface area contributed by atoms with E-state index in [4.69, 9.17) is 5.73 Å². The van der Waals surface area contributed by atoms with Crippen LogP contribution in [0.1, 0.15) is 52.4 Å². The van der Waals surface area contributed by atoms with Gasteiger partial charge in [0.1, 0.15) is 6.04 Å². The number of rotatable bonds is 11. The van der Waals surface area contributed by atoms with Gasteiger partial charge in [0, 0.05) is 12.5 Å². The average Bonchev–Trinajstić information content (AvgIpc) is 2.62. The molecule has 2 unspecified atom stereocenters. The molecule has 9 heteroatoms. The van der Waals surface area contributed by atoms with E-state index in [0.717, 1.165) is 25.7 Å². The molecule has 2 atom stereocenters. The summed E-state index contributed by atoms with van der Waals surface area (Å²) in [5.41, 5.74) is 5.89. The van der Waals surface area contributed by atoms with E-state index in [1.54, 1.807) is 11.8 Å². The lowest BCUT2D eigenvalue weighted by Crippen LogP contribution is -2.45. The fourth-order valence-corrected chi connectivity index (χ4v) is 3.87. The number of hydrogen-bond acceptors (Lipinski definition) is 5. The van der Waals surface area contributed by atoms with Crippen molar-refractivity contribution in [3.63, 3.8) is 0 Å². The summed E-state index contributed by atoms with van der Waals surface area (Å²) in [6.45, 7) is 4.66. The second kappa shape index (κ2) is 14.1. The van der Waals surface area contributed by atoms with E-state index >= 15 is 0 Å². The Balaban J connectivity index is 0.00000729. The topological polar surface area (TPSA) is 122 Å². The highest BCUT2D eigenvalue weighted by Crippen LogP contribution is 2.28. The van der Waals surface area contributed by atoms with Crippen LogP contribution in [0.4, 0.5) is 0 Å². The van der Waals surface area contributed by atoms with Gasteiger partial charge >= 0.3 is 5.97 Å². The molecule has 0 aromatic rings. The van der Waals surface area contributed by atoms with Crippen molar-refractivity contribution in [2.45, 2.75) is 64.5 Å². The number of aliphatic carboxylic acids is 1. The van der Waals surface area contributed by atoms with Crippen molar-refractivity contribution >= 4 is 42.0 Å². The highest BCUT2D eigenvalue weighted by molar-refractivity contribution is 7.98. The monoisotopic (exact) mass is 437 g/mol. The molecule has 7 nitrogen and oxygen atoms in total. The zero-order valence-corrected chi connectivity index (χ0v) is 18.7. The number of thioether (sulfide) groups is 1. The Morgan fingerprint density at radius 2 is 1.79 bits per heavy atom. The highest BCUT2D eigenvalue weighted by Gasteiger charge is 2.29. The summed E-state index contributed by atoms with van der Waals surface area (Å²) < 4.78 is 0. The van der Waals surface area contributed by atoms with Gasteiger partial charge in [-0.3, -0.25) is 9.59 Å². The van der Waals surface area contributed by atoms with Crippen LogP contribution < -0.4 is 16.4 Å². The van der Waals surface area contributed by atoms with Crippen molar-refractivity contribution in [2.75, 3.05) is 18.6 Å². The molecule has 0 aliphatic heterocycles. The Kier molecular flexibility index (Phi) is 13.6. The Morgan fingerprint density at radius 1 is 1.18 bits per heavy atom. The number of amides is 2. The summed E-state index contributed by atoms with van der Waals surface area (Å²) in [5.74, 6) is 0.0264. The molecule has 164 valence electrons. The number of halogens is 1. The predicted octanol–water partition coefficient (Wildman–Crippen LogP) is 2.03. The molecule has 0 aromatic heterocycles. The Morgan fingerprint density at radius 3 is 2.29 bits per heavy atom. The minimum absolute atomic E-state index is 0. The molecule has 0 radical (unpaired) electrons. The van der Waals surface area contributed by atoms with E-state index in [-0.39, 0.29) is 30.1 Å². The fourth-order valence-electron chi connectivity index (χ4n) is 3.40. The summed E-state index contributed by atoms with van der Waals surface area (Å²) in [6.07, 6.45) is 6.15. The molecule has 0 heterocycles. The van der Waals surface area contributed by atoms with Crippen LogP contribution in [0.2, 0.25) is 0 Å². The van der Waals surface area contributed by atoms with Gasteiger partial charge in [-0.05, 0) is 62.4 Å². The normalized spacial score (nSPS) is 21.3. The second-order valence-corrected chi connectivity index (χ2v) is 8.87. The highest BCUT2D eigenvalue weighted by atomic mass is 35.5. The van der Waals surface area contributed by atoms with Crippen LogP contribution in [0.3, 0.4) is 0 Å². The number of carboxylic acids is 1. The number of nitrogens with two attached hydrogens (primary N) is 1. The van der Waals surface area contributed by atoms with Crippen LogP contribution in [0, 0.1) is 17.8 Å². The molecule has 0 bridgehead atoms. The molecule has 0 aromatic carbocycles. The van der Waals surface area contributed by atoms with Crippen LogP contribution in [0.5, 0.6) is 0 Å². The van der Waals surface area contributed by atoms with E-state index in [1.807, 2.05) is 20.1 Å². The first-order valence-electron chi connectivity index (χ1n) is 9.80. The third-order valence-corrected chi connectivity index (χ3v) is 5.71. The third-order valence-electron chi connectivity index (χ3n) is 5.07. The van der Waals surface area contributed by atoms with Crippen LogP contribution in [0.15, 0.2) is 0 Å². The summed E-state index contributed by atoms with van der Waals surface area (Å²) in [7, 11) is 0. The lowest BCUT2D eigenvalue weighted by Gasteiger charge is -2.29. The summed E-state index contributed by atoms with van der Waals surface area (Å²) in [4.78, 5) is 35.7. The number of carboxylic acid groups (broad SMARTS) is 1. The largest absolute Gasteiger partial charge is 0.480 e. The smallest absolute Gasteiger partial charge is 0.326 e. The molecule has 1 aliphatic rings. The number of nitrogens with one attached hydrogen (secondary N) is 2. The molecule has 2 amide bonds. The van der Waals surface area contributed by atoms with Gasteiger partial charge in [0.15, 0.2) is 0 Å². The molecule has 0 saturated heterocycles. The molecule has 1 rings (SSSR count). The molecule has 1 saturated carbocycles. The Hall–Kier alpha value is -0.990. The van der Waals surface area contributed by atoms with Crippen LogP contribution in [-0.2, 0) is 14.4 Å². The molecular formula is C19H36ClN3O4S. The maximum atomic E-state index is 12.4. The van der Waals surface area contributed by atoms with E-state index in [2.05, 4.69) is 10.6 Å². The van der Waals surface area contributed by atoms with Gasteiger partial charge in [-0.2, -0.15) is 11.8 Å². The quantitative estimate of drug-likeness (QED) is 0.392. The lowest BCUT2D eigenvalue weighted by molar-refractivity contribution is -0.142. The lowest BCUT2D eigenvalue weighted by atomic mass is 9.81. The second-order valence-electron chi connectivity index (χ2n) is 7.88. The van der Waals surface area contributed by atoms with Gasteiger partial charge in [-0.1, -0.05) is 13.8 Å². The number of carbonyl (C=O) groups is 3. The zero-order chi connectivity index (χ0) is 20.4. The predicted molar refractivity (Wildman–Crippen MR) is 116 cm³/mol. The molecule has 5 N–H and O–H groups in total. The van der Waals surface area contributed by atoms with Crippen molar-refractivity contribution in [2.24, 2.45) is 23.5 Å².